The van der Waals surface area contributed by atoms with Crippen molar-refractivity contribution in [1.29, 1.82) is 0 Å². The number of benzene rings is 3. The van der Waals surface area contributed by atoms with Gasteiger partial charge in [-0.05, 0) is 42.5 Å². The number of rotatable bonds is 4. The molecule has 0 atom stereocenters. The maximum absolute atomic E-state index is 12.7. The Morgan fingerprint density at radius 1 is 0.724 bits per heavy atom. The van der Waals surface area contributed by atoms with E-state index in [0.29, 0.717) is 22.5 Å². The highest BCUT2D eigenvalue weighted by Gasteiger charge is 2.14. The molecule has 0 bridgehead atoms. The van der Waals surface area contributed by atoms with E-state index in [1.54, 1.807) is 48.5 Å². The number of terminal acetylenes is 2. The number of para-hydroxylation sites is 2. The number of hydrogen-bond acceptors (Lipinski definition) is 3. The van der Waals surface area contributed by atoms with Gasteiger partial charge in [-0.1, -0.05) is 36.1 Å². The molecular formula is C24H17N3O2. The van der Waals surface area contributed by atoms with Gasteiger partial charge in [-0.2, -0.15) is 0 Å². The number of nitrogens with one attached hydrogen (secondary N) is 2. The summed E-state index contributed by atoms with van der Waals surface area (Å²) in [5.74, 6) is 4.16. The second-order valence-electron chi connectivity index (χ2n) is 6.13. The van der Waals surface area contributed by atoms with Gasteiger partial charge in [0.25, 0.3) is 11.8 Å². The second-order valence-corrected chi connectivity index (χ2v) is 6.13. The Bertz CT molecular complexity index is 1090. The largest absolute Gasteiger partial charge is 0.399 e. The first-order valence-corrected chi connectivity index (χ1v) is 8.66. The minimum Gasteiger partial charge on any atom is -0.399 e. The zero-order valence-corrected chi connectivity index (χ0v) is 15.4. The van der Waals surface area contributed by atoms with Crippen molar-refractivity contribution in [2.45, 2.75) is 0 Å². The van der Waals surface area contributed by atoms with Gasteiger partial charge < -0.3 is 16.4 Å². The molecule has 140 valence electrons. The normalized spacial score (nSPS) is 9.72. The van der Waals surface area contributed by atoms with Crippen LogP contribution < -0.4 is 16.4 Å². The van der Waals surface area contributed by atoms with Crippen LogP contribution in [0.3, 0.4) is 0 Å². The lowest BCUT2D eigenvalue weighted by molar-refractivity contribution is 0.102. The smallest absolute Gasteiger partial charge is 0.255 e. The highest BCUT2D eigenvalue weighted by Crippen LogP contribution is 2.19. The van der Waals surface area contributed by atoms with Gasteiger partial charge >= 0.3 is 0 Å². The van der Waals surface area contributed by atoms with Crippen molar-refractivity contribution < 1.29 is 9.59 Å². The van der Waals surface area contributed by atoms with E-state index in [9.17, 15) is 9.59 Å². The summed E-state index contributed by atoms with van der Waals surface area (Å²) in [5.41, 5.74) is 8.74. The highest BCUT2D eigenvalue weighted by atomic mass is 16.2. The molecule has 0 saturated carbocycles. The molecule has 0 aromatic heterocycles. The van der Waals surface area contributed by atoms with Crippen LogP contribution in [0.5, 0.6) is 0 Å². The van der Waals surface area contributed by atoms with Gasteiger partial charge in [0.1, 0.15) is 0 Å². The van der Waals surface area contributed by atoms with Gasteiger partial charge in [0.15, 0.2) is 0 Å². The van der Waals surface area contributed by atoms with Crippen molar-refractivity contribution in [3.8, 4) is 24.7 Å². The number of nitrogens with two attached hydrogens (primary N) is 1. The minimum atomic E-state index is -0.432. The number of carbonyl (C=O) groups is 2. The molecule has 3 aromatic rings. The third-order valence-corrected chi connectivity index (χ3v) is 4.14. The Labute approximate surface area is 168 Å². The van der Waals surface area contributed by atoms with E-state index in [2.05, 4.69) is 22.5 Å². The quantitative estimate of drug-likeness (QED) is 0.477. The topological polar surface area (TPSA) is 84.2 Å². The van der Waals surface area contributed by atoms with Crippen molar-refractivity contribution in [2.75, 3.05) is 16.4 Å². The number of carbonyl (C=O) groups excluding carboxylic acids is 2. The number of amides is 2. The number of hydrogen-bond donors (Lipinski definition) is 3. The first-order valence-electron chi connectivity index (χ1n) is 8.66. The first kappa shape index (κ1) is 19.3. The van der Waals surface area contributed by atoms with E-state index in [0.717, 1.165) is 0 Å². The van der Waals surface area contributed by atoms with Crippen molar-refractivity contribution in [1.82, 2.24) is 0 Å². The molecule has 0 saturated heterocycles. The molecule has 0 aliphatic rings. The zero-order chi connectivity index (χ0) is 20.8. The molecule has 0 spiro atoms. The Morgan fingerprint density at radius 2 is 1.14 bits per heavy atom. The summed E-state index contributed by atoms with van der Waals surface area (Å²) < 4.78 is 0. The molecule has 0 unspecified atom stereocenters. The van der Waals surface area contributed by atoms with Crippen LogP contribution in [0.1, 0.15) is 31.8 Å². The summed E-state index contributed by atoms with van der Waals surface area (Å²) in [6.45, 7) is 0. The van der Waals surface area contributed by atoms with E-state index >= 15 is 0 Å². The summed E-state index contributed by atoms with van der Waals surface area (Å²) in [6.07, 6.45) is 10.9. The summed E-state index contributed by atoms with van der Waals surface area (Å²) in [4.78, 5) is 25.3. The Balaban J connectivity index is 1.86. The average molecular weight is 379 g/mol. The molecule has 0 fully saturated rings. The van der Waals surface area contributed by atoms with Gasteiger partial charge in [-0.3, -0.25) is 9.59 Å². The summed E-state index contributed by atoms with van der Waals surface area (Å²) in [5, 5.41) is 5.49. The Kier molecular flexibility index (Phi) is 5.64. The second kappa shape index (κ2) is 8.47. The van der Waals surface area contributed by atoms with E-state index < -0.39 is 11.8 Å². The monoisotopic (exact) mass is 379 g/mol. The molecule has 3 rings (SSSR count). The third-order valence-electron chi connectivity index (χ3n) is 4.14. The molecule has 2 amide bonds. The number of anilines is 3. The van der Waals surface area contributed by atoms with Crippen LogP contribution in [-0.4, -0.2) is 11.8 Å². The van der Waals surface area contributed by atoms with Crippen molar-refractivity contribution in [3.05, 3.63) is 89.0 Å². The summed E-state index contributed by atoms with van der Waals surface area (Å²) in [7, 11) is 0. The van der Waals surface area contributed by atoms with Crippen LogP contribution in [0.25, 0.3) is 0 Å². The molecule has 3 aromatic carbocycles. The van der Waals surface area contributed by atoms with Crippen LogP contribution in [0.15, 0.2) is 66.7 Å². The van der Waals surface area contributed by atoms with Gasteiger partial charge in [0.05, 0.1) is 11.4 Å². The fourth-order valence-corrected chi connectivity index (χ4v) is 2.74. The standard InChI is InChI=1S/C24H17N3O2/c1-3-16-9-5-7-11-21(16)26-23(28)18-13-19(15-20(25)14-18)24(29)27-22-12-8-6-10-17(22)4-2/h1-2,5-15H,25H2,(H,26,28)(H,27,29). The first-order chi connectivity index (χ1) is 14.0. The summed E-state index contributed by atoms with van der Waals surface area (Å²) in [6, 6.07) is 18.3. The predicted molar refractivity (Wildman–Crippen MR) is 116 cm³/mol. The van der Waals surface area contributed by atoms with Gasteiger partial charge in [0, 0.05) is 27.9 Å². The van der Waals surface area contributed by atoms with Crippen molar-refractivity contribution in [3.63, 3.8) is 0 Å². The van der Waals surface area contributed by atoms with Crippen molar-refractivity contribution in [2.24, 2.45) is 0 Å². The van der Waals surface area contributed by atoms with E-state index in [1.807, 2.05) is 0 Å². The molecule has 4 N–H and O–H groups in total. The van der Waals surface area contributed by atoms with Crippen molar-refractivity contribution >= 4 is 28.9 Å². The average Bonchev–Trinajstić information content (AvgIpc) is 2.74. The zero-order valence-electron chi connectivity index (χ0n) is 15.4. The van der Waals surface area contributed by atoms with Gasteiger partial charge in [0.2, 0.25) is 0 Å². The van der Waals surface area contributed by atoms with Crippen LogP contribution in [0.2, 0.25) is 0 Å². The minimum absolute atomic E-state index is 0.229. The van der Waals surface area contributed by atoms with Gasteiger partial charge in [-0.15, -0.1) is 12.8 Å². The fraction of sp³-hybridized carbons (Fsp3) is 0. The Morgan fingerprint density at radius 3 is 1.55 bits per heavy atom. The molecule has 29 heavy (non-hydrogen) atoms. The fourth-order valence-electron chi connectivity index (χ4n) is 2.74. The highest BCUT2D eigenvalue weighted by molar-refractivity contribution is 6.10. The number of nitrogen functional groups attached to an aromatic ring is 1. The molecule has 0 radical (unpaired) electrons. The van der Waals surface area contributed by atoms with Crippen LogP contribution in [0, 0.1) is 24.7 Å². The molecular weight excluding hydrogens is 362 g/mol. The van der Waals surface area contributed by atoms with E-state index in [4.69, 9.17) is 18.6 Å². The maximum Gasteiger partial charge on any atom is 0.255 e. The van der Waals surface area contributed by atoms with Crippen LogP contribution in [0.4, 0.5) is 17.1 Å². The lowest BCUT2D eigenvalue weighted by Crippen LogP contribution is -2.17. The molecule has 0 aliphatic carbocycles. The molecule has 5 nitrogen and oxygen atoms in total. The molecule has 0 aliphatic heterocycles. The lowest BCUT2D eigenvalue weighted by Gasteiger charge is -2.11. The predicted octanol–water partition coefficient (Wildman–Crippen LogP) is 3.74. The maximum atomic E-state index is 12.7. The summed E-state index contributed by atoms with van der Waals surface area (Å²) >= 11 is 0. The lowest BCUT2D eigenvalue weighted by atomic mass is 10.1. The molecule has 5 heteroatoms. The van der Waals surface area contributed by atoms with Gasteiger partial charge in [-0.25, -0.2) is 0 Å². The third kappa shape index (κ3) is 4.44. The van der Waals surface area contributed by atoms with Crippen LogP contribution >= 0.6 is 0 Å². The van der Waals surface area contributed by atoms with E-state index in [-0.39, 0.29) is 16.8 Å². The van der Waals surface area contributed by atoms with E-state index in [1.165, 1.54) is 18.2 Å². The molecule has 0 heterocycles. The Hall–Kier alpha value is -4.48. The van der Waals surface area contributed by atoms with Crippen LogP contribution in [-0.2, 0) is 0 Å². The SMILES string of the molecule is C#Cc1ccccc1NC(=O)c1cc(N)cc(C(=O)Nc2ccccc2C#C)c1.